The molecule has 3 rings (SSSR count). The molecule has 0 saturated heterocycles. The molecule has 1 N–H and O–H groups in total. The lowest BCUT2D eigenvalue weighted by Crippen LogP contribution is -2.10. The Morgan fingerprint density at radius 2 is 1.83 bits per heavy atom. The van der Waals surface area contributed by atoms with E-state index >= 15 is 0 Å². The van der Waals surface area contributed by atoms with Gasteiger partial charge in [-0.2, -0.15) is 0 Å². The summed E-state index contributed by atoms with van der Waals surface area (Å²) in [5.74, 6) is -2.36. The van der Waals surface area contributed by atoms with E-state index in [0.717, 1.165) is 6.07 Å². The molecule has 1 unspecified atom stereocenters. The van der Waals surface area contributed by atoms with Crippen molar-refractivity contribution < 1.29 is 13.2 Å². The first-order valence-electron chi connectivity index (χ1n) is 5.76. The highest BCUT2D eigenvalue weighted by molar-refractivity contribution is 8.15. The van der Waals surface area contributed by atoms with Gasteiger partial charge >= 0.3 is 0 Å². The summed E-state index contributed by atoms with van der Waals surface area (Å²) in [5.41, 5.74) is -0.0726. The fourth-order valence-electron chi connectivity index (χ4n) is 1.91. The van der Waals surface area contributed by atoms with Crippen LogP contribution in [0.25, 0.3) is 0 Å². The molecule has 1 aliphatic heterocycles. The molecule has 6 heteroatoms. The van der Waals surface area contributed by atoms with Crippen molar-refractivity contribution in [2.24, 2.45) is 10.9 Å². The number of hydrogen-bond donors (Lipinski definition) is 1. The average molecular weight is 272 g/mol. The van der Waals surface area contributed by atoms with Gasteiger partial charge in [-0.25, -0.2) is 13.2 Å². The van der Waals surface area contributed by atoms with Crippen molar-refractivity contribution in [2.75, 3.05) is 11.9 Å². The third-order valence-electron chi connectivity index (χ3n) is 3.08. The first kappa shape index (κ1) is 11.9. The second-order valence-electron chi connectivity index (χ2n) is 4.51. The van der Waals surface area contributed by atoms with Crippen molar-refractivity contribution in [1.82, 2.24) is 0 Å². The fraction of sp³-hybridized carbons (Fsp3) is 0.417. The van der Waals surface area contributed by atoms with Crippen molar-refractivity contribution >= 4 is 22.6 Å². The number of hydrogen-bond acceptors (Lipinski definition) is 3. The molecular formula is C12H11F3N2S. The van der Waals surface area contributed by atoms with E-state index in [1.54, 1.807) is 11.8 Å². The van der Waals surface area contributed by atoms with Gasteiger partial charge in [0.15, 0.2) is 16.8 Å². The molecule has 1 aromatic rings. The molecule has 1 saturated carbocycles. The van der Waals surface area contributed by atoms with Crippen LogP contribution in [0.3, 0.4) is 0 Å². The Labute approximate surface area is 107 Å². The lowest BCUT2D eigenvalue weighted by atomic mass is 10.3. The van der Waals surface area contributed by atoms with Crippen LogP contribution in [0.5, 0.6) is 0 Å². The largest absolute Gasteiger partial charge is 0.332 e. The molecule has 1 fully saturated rings. The van der Waals surface area contributed by atoms with Crippen LogP contribution in [-0.4, -0.2) is 17.0 Å². The third kappa shape index (κ3) is 2.34. The number of nitrogens with zero attached hydrogens (tertiary/aromatic N) is 1. The zero-order valence-electron chi connectivity index (χ0n) is 9.42. The van der Waals surface area contributed by atoms with Gasteiger partial charge in [0.1, 0.15) is 5.82 Å². The van der Waals surface area contributed by atoms with Crippen molar-refractivity contribution in [3.63, 3.8) is 0 Å². The van der Waals surface area contributed by atoms with Gasteiger partial charge in [-0.3, -0.25) is 4.99 Å². The van der Waals surface area contributed by atoms with E-state index in [-0.39, 0.29) is 5.69 Å². The second kappa shape index (κ2) is 4.50. The van der Waals surface area contributed by atoms with Gasteiger partial charge in [0.25, 0.3) is 0 Å². The molecule has 0 amide bonds. The van der Waals surface area contributed by atoms with Crippen LogP contribution < -0.4 is 5.32 Å². The summed E-state index contributed by atoms with van der Waals surface area (Å²) >= 11 is 1.55. The maximum Gasteiger partial charge on any atom is 0.161 e. The molecule has 1 aromatic carbocycles. The van der Waals surface area contributed by atoms with E-state index in [0.29, 0.717) is 28.9 Å². The molecule has 2 aliphatic rings. The van der Waals surface area contributed by atoms with E-state index in [4.69, 9.17) is 0 Å². The predicted octanol–water partition coefficient (Wildman–Crippen LogP) is 3.40. The van der Waals surface area contributed by atoms with Crippen LogP contribution in [0.1, 0.15) is 12.8 Å². The second-order valence-corrected chi connectivity index (χ2v) is 5.74. The van der Waals surface area contributed by atoms with Gasteiger partial charge in [0.2, 0.25) is 0 Å². The van der Waals surface area contributed by atoms with E-state index in [2.05, 4.69) is 10.3 Å². The minimum Gasteiger partial charge on any atom is -0.332 e. The van der Waals surface area contributed by atoms with Crippen LogP contribution in [0.2, 0.25) is 0 Å². The maximum atomic E-state index is 13.4. The first-order chi connectivity index (χ1) is 8.63. The van der Waals surface area contributed by atoms with Crippen molar-refractivity contribution in [3.8, 4) is 0 Å². The highest BCUT2D eigenvalue weighted by Gasteiger charge is 2.35. The monoisotopic (exact) mass is 272 g/mol. The molecule has 96 valence electrons. The Bertz CT molecular complexity index is 514. The van der Waals surface area contributed by atoms with Crippen molar-refractivity contribution in [2.45, 2.75) is 18.1 Å². The number of thioether (sulfide) groups is 1. The van der Waals surface area contributed by atoms with Crippen LogP contribution in [0.15, 0.2) is 17.1 Å². The average Bonchev–Trinajstić information content (AvgIpc) is 3.07. The number of amidine groups is 1. The maximum absolute atomic E-state index is 13.4. The molecular weight excluding hydrogens is 261 g/mol. The zero-order chi connectivity index (χ0) is 12.7. The zero-order valence-corrected chi connectivity index (χ0v) is 10.2. The minimum atomic E-state index is -1.19. The lowest BCUT2D eigenvalue weighted by molar-refractivity contribution is 0.496. The van der Waals surface area contributed by atoms with Gasteiger partial charge in [0.05, 0.1) is 12.2 Å². The molecule has 0 aromatic heterocycles. The summed E-state index contributed by atoms with van der Waals surface area (Å²) in [5, 5.41) is 3.75. The normalized spacial score (nSPS) is 23.1. The van der Waals surface area contributed by atoms with Gasteiger partial charge in [-0.1, -0.05) is 11.8 Å². The van der Waals surface area contributed by atoms with Gasteiger partial charge in [-0.15, -0.1) is 0 Å². The number of nitrogens with one attached hydrogen (secondary N) is 1. The van der Waals surface area contributed by atoms with Gasteiger partial charge in [0, 0.05) is 17.4 Å². The van der Waals surface area contributed by atoms with E-state index in [9.17, 15) is 13.2 Å². The van der Waals surface area contributed by atoms with Crippen LogP contribution in [0, 0.1) is 23.4 Å². The van der Waals surface area contributed by atoms with Crippen LogP contribution >= 0.6 is 11.8 Å². The molecule has 0 bridgehead atoms. The predicted molar refractivity (Wildman–Crippen MR) is 66.3 cm³/mol. The van der Waals surface area contributed by atoms with E-state index in [1.807, 2.05) is 0 Å². The molecule has 18 heavy (non-hydrogen) atoms. The molecule has 0 spiro atoms. The number of benzene rings is 1. The fourth-order valence-corrected chi connectivity index (χ4v) is 3.13. The Kier molecular flexibility index (Phi) is 2.97. The molecule has 0 radical (unpaired) electrons. The molecule has 2 nitrogen and oxygen atoms in total. The number of rotatable bonds is 2. The Morgan fingerprint density at radius 1 is 1.11 bits per heavy atom. The standard InChI is InChI=1S/C12H11F3N2S/c13-7-3-9(15)10(4-8(7)14)17-12-16-5-11(18-12)6-1-2-6/h3-4,6,11H,1-2,5H2,(H,16,17). The SMILES string of the molecule is Fc1cc(F)c(NC2=NCC(C3CC3)S2)cc1F. The van der Waals surface area contributed by atoms with Crippen molar-refractivity contribution in [3.05, 3.63) is 29.6 Å². The Hall–Kier alpha value is -1.17. The highest BCUT2D eigenvalue weighted by Crippen LogP contribution is 2.42. The lowest BCUT2D eigenvalue weighted by Gasteiger charge is -2.09. The molecule has 1 aliphatic carbocycles. The Balaban J connectivity index is 1.71. The van der Waals surface area contributed by atoms with E-state index in [1.165, 1.54) is 12.8 Å². The summed E-state index contributed by atoms with van der Waals surface area (Å²) in [7, 11) is 0. The highest BCUT2D eigenvalue weighted by atomic mass is 32.2. The van der Waals surface area contributed by atoms with Gasteiger partial charge in [-0.05, 0) is 18.8 Å². The summed E-state index contributed by atoms with van der Waals surface area (Å²) in [6.45, 7) is 0.711. The number of anilines is 1. The summed E-state index contributed by atoms with van der Waals surface area (Å²) in [6.07, 6.45) is 2.44. The van der Waals surface area contributed by atoms with Crippen LogP contribution in [0.4, 0.5) is 18.9 Å². The number of aliphatic imine (C=N–C) groups is 1. The first-order valence-corrected chi connectivity index (χ1v) is 6.64. The number of halogens is 3. The smallest absolute Gasteiger partial charge is 0.161 e. The third-order valence-corrected chi connectivity index (χ3v) is 4.37. The van der Waals surface area contributed by atoms with Crippen molar-refractivity contribution in [1.29, 1.82) is 0 Å². The quantitative estimate of drug-likeness (QED) is 0.834. The summed E-state index contributed by atoms with van der Waals surface area (Å²) in [4.78, 5) is 4.25. The molecule has 1 heterocycles. The summed E-state index contributed by atoms with van der Waals surface area (Å²) in [6, 6.07) is 1.36. The molecule has 1 atom stereocenters. The van der Waals surface area contributed by atoms with E-state index < -0.39 is 17.5 Å². The van der Waals surface area contributed by atoms with Crippen LogP contribution in [-0.2, 0) is 0 Å². The van der Waals surface area contributed by atoms with Gasteiger partial charge < -0.3 is 5.32 Å². The topological polar surface area (TPSA) is 24.4 Å². The summed E-state index contributed by atoms with van der Waals surface area (Å²) < 4.78 is 39.2. The Morgan fingerprint density at radius 3 is 2.56 bits per heavy atom. The minimum absolute atomic E-state index is 0.0726.